The molecule has 0 fully saturated rings. The monoisotopic (exact) mass is 433 g/mol. The van der Waals surface area contributed by atoms with Gasteiger partial charge in [0, 0.05) is 15.4 Å². The zero-order chi connectivity index (χ0) is 19.9. The van der Waals surface area contributed by atoms with E-state index in [2.05, 4.69) is 5.32 Å². The summed E-state index contributed by atoms with van der Waals surface area (Å²) in [4.78, 5) is 26.4. The summed E-state index contributed by atoms with van der Waals surface area (Å²) in [6, 6.07) is 12.4. The van der Waals surface area contributed by atoms with E-state index in [9.17, 15) is 9.59 Å². The molecule has 3 aromatic rings. The molecule has 2 heterocycles. The van der Waals surface area contributed by atoms with Crippen molar-refractivity contribution >= 4 is 63.5 Å². The standard InChI is InChI=1S/C20H16ClNO4S2/c1-25-17-7-6-13(10-16(17)21)22-19(23)12-26-20(24)15(18-5-3-9-28-18)11-14-4-2-8-27-14/h2-11H,12H2,1H3,(H,22,23). The quantitative estimate of drug-likeness (QED) is 0.411. The molecule has 144 valence electrons. The third kappa shape index (κ3) is 5.22. The number of methoxy groups -OCH3 is 1. The van der Waals surface area contributed by atoms with Gasteiger partial charge in [-0.3, -0.25) is 4.79 Å². The van der Waals surface area contributed by atoms with E-state index in [1.807, 2.05) is 35.0 Å². The molecule has 0 radical (unpaired) electrons. The van der Waals surface area contributed by atoms with E-state index in [-0.39, 0.29) is 0 Å². The van der Waals surface area contributed by atoms with Crippen LogP contribution in [0.2, 0.25) is 5.02 Å². The van der Waals surface area contributed by atoms with Crippen LogP contribution >= 0.6 is 34.3 Å². The van der Waals surface area contributed by atoms with Crippen LogP contribution in [0, 0.1) is 0 Å². The molecule has 0 saturated heterocycles. The van der Waals surface area contributed by atoms with E-state index in [4.69, 9.17) is 21.1 Å². The van der Waals surface area contributed by atoms with Crippen molar-refractivity contribution in [2.45, 2.75) is 0 Å². The lowest BCUT2D eigenvalue weighted by molar-refractivity contribution is -0.141. The average Bonchev–Trinajstić information content (AvgIpc) is 3.38. The van der Waals surface area contributed by atoms with E-state index in [1.165, 1.54) is 29.8 Å². The van der Waals surface area contributed by atoms with Crippen LogP contribution in [0.3, 0.4) is 0 Å². The summed E-state index contributed by atoms with van der Waals surface area (Å²) in [7, 11) is 1.51. The molecule has 0 unspecified atom stereocenters. The maximum absolute atomic E-state index is 12.6. The lowest BCUT2D eigenvalue weighted by atomic mass is 10.2. The van der Waals surface area contributed by atoms with Crippen LogP contribution in [0.5, 0.6) is 5.75 Å². The number of rotatable bonds is 7. The van der Waals surface area contributed by atoms with Gasteiger partial charge in [0.1, 0.15) is 5.75 Å². The van der Waals surface area contributed by atoms with Crippen LogP contribution in [0.1, 0.15) is 9.75 Å². The lowest BCUT2D eigenvalue weighted by Crippen LogP contribution is -2.21. The second-order valence-electron chi connectivity index (χ2n) is 5.52. The Balaban J connectivity index is 1.64. The third-order valence-electron chi connectivity index (χ3n) is 3.61. The summed E-state index contributed by atoms with van der Waals surface area (Å²) < 4.78 is 10.3. The normalized spacial score (nSPS) is 11.1. The SMILES string of the molecule is COc1ccc(NC(=O)COC(=O)C(=Cc2cccs2)c2cccs2)cc1Cl. The largest absolute Gasteiger partial charge is 0.495 e. The topological polar surface area (TPSA) is 64.6 Å². The molecule has 0 aliphatic carbocycles. The number of thiophene rings is 2. The molecular formula is C20H16ClNO4S2. The van der Waals surface area contributed by atoms with Gasteiger partial charge in [0.15, 0.2) is 6.61 Å². The second-order valence-corrected chi connectivity index (χ2v) is 7.86. The highest BCUT2D eigenvalue weighted by Gasteiger charge is 2.17. The summed E-state index contributed by atoms with van der Waals surface area (Å²) in [5.74, 6) is -0.514. The highest BCUT2D eigenvalue weighted by molar-refractivity contribution is 7.12. The molecule has 1 N–H and O–H groups in total. The van der Waals surface area contributed by atoms with Crippen LogP contribution in [0.4, 0.5) is 5.69 Å². The van der Waals surface area contributed by atoms with Crippen molar-refractivity contribution in [3.05, 3.63) is 68.0 Å². The molecule has 1 aromatic carbocycles. The Kier molecular flexibility index (Phi) is 6.86. The number of carbonyl (C=O) groups excluding carboxylic acids is 2. The van der Waals surface area contributed by atoms with Crippen LogP contribution in [-0.2, 0) is 14.3 Å². The van der Waals surface area contributed by atoms with Crippen molar-refractivity contribution in [1.82, 2.24) is 0 Å². The van der Waals surface area contributed by atoms with Gasteiger partial charge in [-0.25, -0.2) is 4.79 Å². The molecule has 5 nitrogen and oxygen atoms in total. The van der Waals surface area contributed by atoms with Crippen LogP contribution in [0.25, 0.3) is 11.6 Å². The minimum Gasteiger partial charge on any atom is -0.495 e. The maximum Gasteiger partial charge on any atom is 0.340 e. The molecule has 2 aromatic heterocycles. The van der Waals surface area contributed by atoms with E-state index in [1.54, 1.807) is 24.3 Å². The van der Waals surface area contributed by atoms with Crippen molar-refractivity contribution in [2.75, 3.05) is 19.0 Å². The van der Waals surface area contributed by atoms with Gasteiger partial charge in [0.2, 0.25) is 0 Å². The van der Waals surface area contributed by atoms with Gasteiger partial charge in [-0.2, -0.15) is 0 Å². The van der Waals surface area contributed by atoms with Gasteiger partial charge in [-0.15, -0.1) is 22.7 Å². The van der Waals surface area contributed by atoms with Crippen molar-refractivity contribution in [3.8, 4) is 5.75 Å². The smallest absolute Gasteiger partial charge is 0.340 e. The highest BCUT2D eigenvalue weighted by atomic mass is 35.5. The van der Waals surface area contributed by atoms with Crippen molar-refractivity contribution in [3.63, 3.8) is 0 Å². The predicted octanol–water partition coefficient (Wildman–Crippen LogP) is 5.19. The zero-order valence-electron chi connectivity index (χ0n) is 14.8. The van der Waals surface area contributed by atoms with E-state index >= 15 is 0 Å². The fraction of sp³-hybridized carbons (Fsp3) is 0.100. The Bertz CT molecular complexity index is 982. The van der Waals surface area contributed by atoms with Gasteiger partial charge in [-0.1, -0.05) is 23.7 Å². The first-order valence-electron chi connectivity index (χ1n) is 8.16. The molecular weight excluding hydrogens is 418 g/mol. The fourth-order valence-corrected chi connectivity index (χ4v) is 3.97. The van der Waals surface area contributed by atoms with E-state index < -0.39 is 18.5 Å². The van der Waals surface area contributed by atoms with Crippen molar-refractivity contribution in [1.29, 1.82) is 0 Å². The minimum atomic E-state index is -0.557. The Labute approximate surface area is 175 Å². The molecule has 3 rings (SSSR count). The fourth-order valence-electron chi connectivity index (χ4n) is 2.33. The number of anilines is 1. The molecule has 28 heavy (non-hydrogen) atoms. The highest BCUT2D eigenvalue weighted by Crippen LogP contribution is 2.28. The minimum absolute atomic E-state index is 0.371. The predicted molar refractivity (Wildman–Crippen MR) is 114 cm³/mol. The van der Waals surface area contributed by atoms with Gasteiger partial charge in [0.25, 0.3) is 5.91 Å². The number of nitrogens with one attached hydrogen (secondary N) is 1. The van der Waals surface area contributed by atoms with E-state index in [0.717, 1.165) is 9.75 Å². The summed E-state index contributed by atoms with van der Waals surface area (Å²) >= 11 is 8.99. The van der Waals surface area contributed by atoms with Crippen molar-refractivity contribution < 1.29 is 19.1 Å². The summed E-state index contributed by atoms with van der Waals surface area (Å²) in [5.41, 5.74) is 0.900. The van der Waals surface area contributed by atoms with Gasteiger partial charge >= 0.3 is 5.97 Å². The first-order valence-corrected chi connectivity index (χ1v) is 10.3. The molecule has 0 saturated carbocycles. The number of ether oxygens (including phenoxy) is 2. The molecule has 0 aliphatic rings. The summed E-state index contributed by atoms with van der Waals surface area (Å²) in [6.07, 6.45) is 1.76. The van der Waals surface area contributed by atoms with E-state index in [0.29, 0.717) is 22.0 Å². The number of benzene rings is 1. The Morgan fingerprint density at radius 1 is 1.14 bits per heavy atom. The Morgan fingerprint density at radius 2 is 1.93 bits per heavy atom. The summed E-state index contributed by atoms with van der Waals surface area (Å²) in [6.45, 7) is -0.407. The molecule has 8 heteroatoms. The number of halogens is 1. The van der Waals surface area contributed by atoms with Gasteiger partial charge < -0.3 is 14.8 Å². The van der Waals surface area contributed by atoms with Crippen LogP contribution in [0.15, 0.2) is 53.2 Å². The lowest BCUT2D eigenvalue weighted by Gasteiger charge is -2.09. The maximum atomic E-state index is 12.6. The van der Waals surface area contributed by atoms with Crippen LogP contribution < -0.4 is 10.1 Å². The molecule has 0 atom stereocenters. The first kappa shape index (κ1) is 20.1. The molecule has 1 amide bonds. The number of hydrogen-bond donors (Lipinski definition) is 1. The second kappa shape index (κ2) is 9.54. The van der Waals surface area contributed by atoms with Gasteiger partial charge in [0.05, 0.1) is 17.7 Å². The molecule has 0 bridgehead atoms. The number of carbonyl (C=O) groups is 2. The summed E-state index contributed by atoms with van der Waals surface area (Å²) in [5, 5.41) is 6.82. The van der Waals surface area contributed by atoms with Crippen molar-refractivity contribution in [2.24, 2.45) is 0 Å². The Morgan fingerprint density at radius 3 is 2.57 bits per heavy atom. The first-order chi connectivity index (χ1) is 13.6. The molecule has 0 aliphatic heterocycles. The molecule has 0 spiro atoms. The number of hydrogen-bond acceptors (Lipinski definition) is 6. The average molecular weight is 434 g/mol. The number of esters is 1. The zero-order valence-corrected chi connectivity index (χ0v) is 17.2. The Hall–Kier alpha value is -2.61. The van der Waals surface area contributed by atoms with Gasteiger partial charge in [-0.05, 0) is 47.2 Å². The number of amides is 1. The van der Waals surface area contributed by atoms with Crippen LogP contribution in [-0.4, -0.2) is 25.6 Å². The third-order valence-corrected chi connectivity index (χ3v) is 5.62.